The fourth-order valence-corrected chi connectivity index (χ4v) is 2.18. The number of aliphatic hydroxyl groups is 1. The summed E-state index contributed by atoms with van der Waals surface area (Å²) in [7, 11) is 3.46. The molecule has 0 fully saturated rings. The van der Waals surface area contributed by atoms with Gasteiger partial charge in [0.05, 0.1) is 19.4 Å². The maximum absolute atomic E-state index is 10.2. The number of aliphatic hydroxyl groups excluding tert-OH is 1. The minimum Gasteiger partial charge on any atom is -0.497 e. The average Bonchev–Trinajstić information content (AvgIpc) is 2.79. The number of aromatic nitrogens is 2. The Bertz CT molecular complexity index is 540. The fraction of sp³-hybridized carbons (Fsp3) is 0.308. The van der Waals surface area contributed by atoms with E-state index in [1.807, 2.05) is 31.4 Å². The zero-order valence-corrected chi connectivity index (χ0v) is 11.9. The molecular formula is C13H15BrN2O2. The summed E-state index contributed by atoms with van der Waals surface area (Å²) in [5.41, 5.74) is 1.82. The summed E-state index contributed by atoms with van der Waals surface area (Å²) in [5, 5.41) is 14.2. The summed E-state index contributed by atoms with van der Waals surface area (Å²) >= 11 is 3.48. The maximum atomic E-state index is 10.2. The van der Waals surface area contributed by atoms with Gasteiger partial charge in [-0.2, -0.15) is 5.10 Å². The van der Waals surface area contributed by atoms with E-state index in [2.05, 4.69) is 21.0 Å². The summed E-state index contributed by atoms with van der Waals surface area (Å²) in [6.07, 6.45) is 3.45. The zero-order valence-electron chi connectivity index (χ0n) is 10.3. The Morgan fingerprint density at radius 1 is 1.50 bits per heavy atom. The first-order valence-corrected chi connectivity index (χ1v) is 6.38. The van der Waals surface area contributed by atoms with Crippen LogP contribution in [-0.2, 0) is 13.5 Å². The van der Waals surface area contributed by atoms with E-state index in [1.54, 1.807) is 18.0 Å². The van der Waals surface area contributed by atoms with Gasteiger partial charge in [0.15, 0.2) is 0 Å². The number of methoxy groups -OCH3 is 1. The van der Waals surface area contributed by atoms with Gasteiger partial charge in [0.1, 0.15) is 5.75 Å². The average molecular weight is 311 g/mol. The highest BCUT2D eigenvalue weighted by Gasteiger charge is 2.13. The molecule has 0 amide bonds. The molecule has 1 unspecified atom stereocenters. The van der Waals surface area contributed by atoms with E-state index in [4.69, 9.17) is 4.74 Å². The van der Waals surface area contributed by atoms with Crippen molar-refractivity contribution in [2.24, 2.45) is 7.05 Å². The van der Waals surface area contributed by atoms with Crippen molar-refractivity contribution in [2.75, 3.05) is 7.11 Å². The number of ether oxygens (including phenoxy) is 1. The number of rotatable bonds is 4. The lowest BCUT2D eigenvalue weighted by atomic mass is 10.0. The predicted octanol–water partition coefficient (Wildman–Crippen LogP) is 2.47. The first-order chi connectivity index (χ1) is 8.60. The Kier molecular flexibility index (Phi) is 4.04. The third kappa shape index (κ3) is 2.91. The van der Waals surface area contributed by atoms with Gasteiger partial charge in [-0.05, 0) is 23.8 Å². The molecular weight excluding hydrogens is 296 g/mol. The third-order valence-corrected chi connectivity index (χ3v) is 3.55. The van der Waals surface area contributed by atoms with Crippen LogP contribution in [0.5, 0.6) is 5.75 Å². The fourth-order valence-electron chi connectivity index (χ4n) is 1.77. The van der Waals surface area contributed by atoms with Crippen molar-refractivity contribution in [3.63, 3.8) is 0 Å². The number of halogens is 1. The molecule has 0 aliphatic heterocycles. The molecule has 4 nitrogen and oxygen atoms in total. The molecule has 1 atom stereocenters. The van der Waals surface area contributed by atoms with Crippen molar-refractivity contribution in [3.05, 3.63) is 46.2 Å². The van der Waals surface area contributed by atoms with Crippen molar-refractivity contribution in [3.8, 4) is 5.75 Å². The van der Waals surface area contributed by atoms with Gasteiger partial charge in [0, 0.05) is 29.7 Å². The molecule has 0 aliphatic carbocycles. The van der Waals surface area contributed by atoms with Crippen LogP contribution >= 0.6 is 15.9 Å². The van der Waals surface area contributed by atoms with Crippen LogP contribution in [0.3, 0.4) is 0 Å². The molecule has 1 heterocycles. The van der Waals surface area contributed by atoms with E-state index in [1.165, 1.54) is 0 Å². The van der Waals surface area contributed by atoms with E-state index < -0.39 is 6.10 Å². The molecule has 0 saturated carbocycles. The normalized spacial score (nSPS) is 12.4. The monoisotopic (exact) mass is 310 g/mol. The van der Waals surface area contributed by atoms with Gasteiger partial charge >= 0.3 is 0 Å². The van der Waals surface area contributed by atoms with Crippen LogP contribution in [0.2, 0.25) is 0 Å². The second-order valence-electron chi connectivity index (χ2n) is 4.12. The molecule has 1 aromatic carbocycles. The number of hydrogen-bond acceptors (Lipinski definition) is 3. The highest BCUT2D eigenvalue weighted by Crippen LogP contribution is 2.27. The largest absolute Gasteiger partial charge is 0.497 e. The molecule has 2 rings (SSSR count). The predicted molar refractivity (Wildman–Crippen MR) is 72.6 cm³/mol. The first-order valence-electron chi connectivity index (χ1n) is 5.59. The van der Waals surface area contributed by atoms with E-state index in [0.717, 1.165) is 21.3 Å². The lowest BCUT2D eigenvalue weighted by molar-refractivity contribution is 0.178. The Morgan fingerprint density at radius 2 is 2.28 bits per heavy atom. The standard InChI is InChI=1S/C13H15BrN2O2/c1-16-8-10(7-15-16)13(17)6-9-5-11(18-2)3-4-12(9)14/h3-5,7-8,13,17H,6H2,1-2H3. The summed E-state index contributed by atoms with van der Waals surface area (Å²) in [6, 6.07) is 5.72. The highest BCUT2D eigenvalue weighted by molar-refractivity contribution is 9.10. The van der Waals surface area contributed by atoms with Crippen LogP contribution in [0, 0.1) is 0 Å². The van der Waals surface area contributed by atoms with Gasteiger partial charge < -0.3 is 9.84 Å². The summed E-state index contributed by atoms with van der Waals surface area (Å²) in [5.74, 6) is 0.784. The molecule has 0 aliphatic rings. The molecule has 0 saturated heterocycles. The Labute approximate surface area is 114 Å². The quantitative estimate of drug-likeness (QED) is 0.943. The number of hydrogen-bond donors (Lipinski definition) is 1. The lowest BCUT2D eigenvalue weighted by Gasteiger charge is -2.11. The highest BCUT2D eigenvalue weighted by atomic mass is 79.9. The smallest absolute Gasteiger partial charge is 0.119 e. The molecule has 18 heavy (non-hydrogen) atoms. The molecule has 96 valence electrons. The molecule has 2 aromatic rings. The van der Waals surface area contributed by atoms with Crippen molar-refractivity contribution in [1.82, 2.24) is 9.78 Å². The van der Waals surface area contributed by atoms with Crippen LogP contribution in [0.1, 0.15) is 17.2 Å². The molecule has 1 aromatic heterocycles. The van der Waals surface area contributed by atoms with Crippen LogP contribution in [-0.4, -0.2) is 22.0 Å². The summed E-state index contributed by atoms with van der Waals surface area (Å²) < 4.78 is 7.83. The second-order valence-corrected chi connectivity index (χ2v) is 4.98. The minimum absolute atomic E-state index is 0.517. The van der Waals surface area contributed by atoms with Gasteiger partial charge in [-0.25, -0.2) is 0 Å². The molecule has 1 N–H and O–H groups in total. The molecule has 0 bridgehead atoms. The van der Waals surface area contributed by atoms with Crippen LogP contribution in [0.15, 0.2) is 35.1 Å². The summed E-state index contributed by atoms with van der Waals surface area (Å²) in [6.45, 7) is 0. The minimum atomic E-state index is -0.567. The van der Waals surface area contributed by atoms with Crippen molar-refractivity contribution in [1.29, 1.82) is 0 Å². The van der Waals surface area contributed by atoms with Gasteiger partial charge in [-0.1, -0.05) is 15.9 Å². The zero-order chi connectivity index (χ0) is 13.1. The Morgan fingerprint density at radius 3 is 2.89 bits per heavy atom. The Hall–Kier alpha value is -1.33. The number of nitrogens with zero attached hydrogens (tertiary/aromatic N) is 2. The van der Waals surface area contributed by atoms with E-state index >= 15 is 0 Å². The molecule has 5 heteroatoms. The van der Waals surface area contributed by atoms with Crippen molar-refractivity contribution < 1.29 is 9.84 Å². The second kappa shape index (κ2) is 5.54. The maximum Gasteiger partial charge on any atom is 0.119 e. The molecule has 0 spiro atoms. The van der Waals surface area contributed by atoms with Crippen LogP contribution in [0.4, 0.5) is 0 Å². The SMILES string of the molecule is COc1ccc(Br)c(CC(O)c2cnn(C)c2)c1. The van der Waals surface area contributed by atoms with Gasteiger partial charge in [-0.3, -0.25) is 4.68 Å². The van der Waals surface area contributed by atoms with Crippen LogP contribution in [0.25, 0.3) is 0 Å². The first kappa shape index (κ1) is 13.1. The van der Waals surface area contributed by atoms with Crippen molar-refractivity contribution >= 4 is 15.9 Å². The molecule has 0 radical (unpaired) electrons. The Balaban J connectivity index is 2.18. The van der Waals surface area contributed by atoms with Crippen LogP contribution < -0.4 is 4.74 Å². The van der Waals surface area contributed by atoms with E-state index in [0.29, 0.717) is 6.42 Å². The van der Waals surface area contributed by atoms with E-state index in [-0.39, 0.29) is 0 Å². The number of aryl methyl sites for hydroxylation is 1. The summed E-state index contributed by atoms with van der Waals surface area (Å²) in [4.78, 5) is 0. The topological polar surface area (TPSA) is 47.3 Å². The third-order valence-electron chi connectivity index (χ3n) is 2.78. The van der Waals surface area contributed by atoms with Gasteiger partial charge in [0.25, 0.3) is 0 Å². The van der Waals surface area contributed by atoms with Crippen molar-refractivity contribution in [2.45, 2.75) is 12.5 Å². The van der Waals surface area contributed by atoms with E-state index in [9.17, 15) is 5.11 Å². The lowest BCUT2D eigenvalue weighted by Crippen LogP contribution is -2.02. The van der Waals surface area contributed by atoms with Gasteiger partial charge in [0.2, 0.25) is 0 Å². The van der Waals surface area contributed by atoms with Gasteiger partial charge in [-0.15, -0.1) is 0 Å². The number of benzene rings is 1.